The predicted octanol–water partition coefficient (Wildman–Crippen LogP) is 1.86. The van der Waals surface area contributed by atoms with Crippen LogP contribution in [0.3, 0.4) is 0 Å². The zero-order valence-electron chi connectivity index (χ0n) is 9.72. The van der Waals surface area contributed by atoms with E-state index in [0.717, 1.165) is 0 Å². The molecule has 98 valence electrons. The van der Waals surface area contributed by atoms with Gasteiger partial charge in [0.2, 0.25) is 0 Å². The Hall–Kier alpha value is -1.47. The number of hydrogen-bond donors (Lipinski definition) is 2. The van der Waals surface area contributed by atoms with Crippen molar-refractivity contribution in [3.8, 4) is 0 Å². The molecule has 7 heteroatoms. The van der Waals surface area contributed by atoms with Gasteiger partial charge in [-0.15, -0.1) is 0 Å². The highest BCUT2D eigenvalue weighted by Crippen LogP contribution is 2.25. The number of carbonyl (C=O) groups is 1. The maximum atomic E-state index is 11.7. The van der Waals surface area contributed by atoms with E-state index in [1.54, 1.807) is 6.92 Å². The standard InChI is InChI=1S/C11H13BrN2O4/c1-7(15)4-5-13-11(16)8-2-3-9(12)10(6-8)14(17)18/h2-3,6-7,15H,4-5H2,1H3,(H,13,16). The summed E-state index contributed by atoms with van der Waals surface area (Å²) < 4.78 is 0.327. The van der Waals surface area contributed by atoms with Gasteiger partial charge in [0.05, 0.1) is 15.5 Å². The first-order chi connectivity index (χ1) is 8.41. The second kappa shape index (κ2) is 6.46. The molecule has 0 aliphatic carbocycles. The Morgan fingerprint density at radius 2 is 2.28 bits per heavy atom. The lowest BCUT2D eigenvalue weighted by Crippen LogP contribution is -2.26. The molecule has 1 rings (SSSR count). The Balaban J connectivity index is 2.74. The lowest BCUT2D eigenvalue weighted by Gasteiger charge is -2.07. The number of aliphatic hydroxyl groups is 1. The molecule has 0 saturated heterocycles. The minimum Gasteiger partial charge on any atom is -0.393 e. The van der Waals surface area contributed by atoms with E-state index in [1.807, 2.05) is 0 Å². The summed E-state index contributed by atoms with van der Waals surface area (Å²) in [4.78, 5) is 21.8. The van der Waals surface area contributed by atoms with Crippen molar-refractivity contribution < 1.29 is 14.8 Å². The fourth-order valence-electron chi connectivity index (χ4n) is 1.29. The molecule has 0 aliphatic heterocycles. The average molecular weight is 317 g/mol. The van der Waals surface area contributed by atoms with Crippen LogP contribution in [0, 0.1) is 10.1 Å². The topological polar surface area (TPSA) is 92.5 Å². The number of nitro groups is 1. The molecule has 0 heterocycles. The summed E-state index contributed by atoms with van der Waals surface area (Å²) in [7, 11) is 0. The normalized spacial score (nSPS) is 11.9. The van der Waals surface area contributed by atoms with Crippen LogP contribution in [0.15, 0.2) is 22.7 Å². The quantitative estimate of drug-likeness (QED) is 0.640. The molecule has 0 aromatic heterocycles. The fraction of sp³-hybridized carbons (Fsp3) is 0.364. The molecule has 6 nitrogen and oxygen atoms in total. The van der Waals surface area contributed by atoms with Crippen molar-refractivity contribution in [1.29, 1.82) is 0 Å². The number of amides is 1. The second-order valence-electron chi connectivity index (χ2n) is 3.82. The monoisotopic (exact) mass is 316 g/mol. The van der Waals surface area contributed by atoms with Crippen molar-refractivity contribution in [2.24, 2.45) is 0 Å². The molecule has 0 radical (unpaired) electrons. The van der Waals surface area contributed by atoms with Crippen LogP contribution in [0.1, 0.15) is 23.7 Å². The Kier molecular flexibility index (Phi) is 5.24. The van der Waals surface area contributed by atoms with E-state index in [2.05, 4.69) is 21.2 Å². The van der Waals surface area contributed by atoms with Crippen molar-refractivity contribution in [2.45, 2.75) is 19.4 Å². The van der Waals surface area contributed by atoms with Gasteiger partial charge in [-0.3, -0.25) is 14.9 Å². The molecule has 0 bridgehead atoms. The smallest absolute Gasteiger partial charge is 0.284 e. The van der Waals surface area contributed by atoms with E-state index >= 15 is 0 Å². The number of rotatable bonds is 5. The van der Waals surface area contributed by atoms with Gasteiger partial charge in [0, 0.05) is 18.2 Å². The minimum absolute atomic E-state index is 0.154. The number of halogens is 1. The summed E-state index contributed by atoms with van der Waals surface area (Å²) in [5, 5.41) is 22.3. The second-order valence-corrected chi connectivity index (χ2v) is 4.67. The molecule has 0 aliphatic rings. The Bertz CT molecular complexity index is 462. The Labute approximate surface area is 112 Å². The lowest BCUT2D eigenvalue weighted by molar-refractivity contribution is -0.385. The van der Waals surface area contributed by atoms with Gasteiger partial charge in [0.15, 0.2) is 0 Å². The van der Waals surface area contributed by atoms with Crippen LogP contribution in [-0.2, 0) is 0 Å². The van der Waals surface area contributed by atoms with Crippen molar-refractivity contribution in [2.75, 3.05) is 6.54 Å². The van der Waals surface area contributed by atoms with E-state index in [0.29, 0.717) is 17.4 Å². The van der Waals surface area contributed by atoms with Crippen molar-refractivity contribution in [1.82, 2.24) is 5.32 Å². The van der Waals surface area contributed by atoms with Crippen LogP contribution in [0.5, 0.6) is 0 Å². The Morgan fingerprint density at radius 1 is 1.61 bits per heavy atom. The summed E-state index contributed by atoms with van der Waals surface area (Å²) in [5.41, 5.74) is 0.0636. The number of nitrogens with one attached hydrogen (secondary N) is 1. The summed E-state index contributed by atoms with van der Waals surface area (Å²) in [6.07, 6.45) is -0.0609. The van der Waals surface area contributed by atoms with Crippen LogP contribution in [0.4, 0.5) is 5.69 Å². The Morgan fingerprint density at radius 3 is 2.83 bits per heavy atom. The highest BCUT2D eigenvalue weighted by molar-refractivity contribution is 9.10. The van der Waals surface area contributed by atoms with E-state index in [1.165, 1.54) is 18.2 Å². The van der Waals surface area contributed by atoms with E-state index < -0.39 is 16.9 Å². The van der Waals surface area contributed by atoms with Crippen LogP contribution in [-0.4, -0.2) is 28.6 Å². The highest BCUT2D eigenvalue weighted by Gasteiger charge is 2.15. The maximum Gasteiger partial charge on any atom is 0.284 e. The number of carbonyl (C=O) groups excluding carboxylic acids is 1. The van der Waals surface area contributed by atoms with Gasteiger partial charge in [-0.25, -0.2) is 0 Å². The summed E-state index contributed by atoms with van der Waals surface area (Å²) >= 11 is 3.05. The van der Waals surface area contributed by atoms with Gasteiger partial charge in [-0.05, 0) is 41.4 Å². The third-order valence-electron chi connectivity index (χ3n) is 2.25. The third kappa shape index (κ3) is 4.08. The molecule has 1 unspecified atom stereocenters. The molecular formula is C11H13BrN2O4. The summed E-state index contributed by atoms with van der Waals surface area (Å²) in [5.74, 6) is -0.397. The first kappa shape index (κ1) is 14.6. The molecule has 0 spiro atoms. The largest absolute Gasteiger partial charge is 0.393 e. The molecule has 1 aromatic carbocycles. The molecule has 0 fully saturated rings. The first-order valence-electron chi connectivity index (χ1n) is 5.32. The number of benzene rings is 1. The van der Waals surface area contributed by atoms with Crippen molar-refractivity contribution >= 4 is 27.5 Å². The van der Waals surface area contributed by atoms with E-state index in [4.69, 9.17) is 5.11 Å². The molecule has 1 atom stereocenters. The molecule has 1 amide bonds. The van der Waals surface area contributed by atoms with Crippen LogP contribution in [0.2, 0.25) is 0 Å². The minimum atomic E-state index is -0.559. The zero-order chi connectivity index (χ0) is 13.7. The summed E-state index contributed by atoms with van der Waals surface area (Å²) in [6, 6.07) is 4.16. The third-order valence-corrected chi connectivity index (χ3v) is 2.92. The molecule has 0 saturated carbocycles. The molecule has 2 N–H and O–H groups in total. The number of aliphatic hydroxyl groups excluding tert-OH is 1. The van der Waals surface area contributed by atoms with Crippen molar-refractivity contribution in [3.63, 3.8) is 0 Å². The first-order valence-corrected chi connectivity index (χ1v) is 6.11. The van der Waals surface area contributed by atoms with E-state index in [-0.39, 0.29) is 11.3 Å². The average Bonchev–Trinajstić information content (AvgIpc) is 2.28. The van der Waals surface area contributed by atoms with Crippen LogP contribution < -0.4 is 5.32 Å². The number of nitrogens with zero attached hydrogens (tertiary/aromatic N) is 1. The lowest BCUT2D eigenvalue weighted by atomic mass is 10.2. The van der Waals surface area contributed by atoms with Gasteiger partial charge in [-0.2, -0.15) is 0 Å². The number of hydrogen-bond acceptors (Lipinski definition) is 4. The van der Waals surface area contributed by atoms with E-state index in [9.17, 15) is 14.9 Å². The summed E-state index contributed by atoms with van der Waals surface area (Å²) in [6.45, 7) is 1.94. The predicted molar refractivity (Wildman–Crippen MR) is 69.4 cm³/mol. The molecule has 18 heavy (non-hydrogen) atoms. The van der Waals surface area contributed by atoms with Crippen LogP contribution >= 0.6 is 15.9 Å². The zero-order valence-corrected chi connectivity index (χ0v) is 11.3. The van der Waals surface area contributed by atoms with Crippen LogP contribution in [0.25, 0.3) is 0 Å². The highest BCUT2D eigenvalue weighted by atomic mass is 79.9. The van der Waals surface area contributed by atoms with Gasteiger partial charge >= 0.3 is 0 Å². The fourth-order valence-corrected chi connectivity index (χ4v) is 1.68. The molecule has 1 aromatic rings. The van der Waals surface area contributed by atoms with Gasteiger partial charge < -0.3 is 10.4 Å². The maximum absolute atomic E-state index is 11.7. The van der Waals surface area contributed by atoms with Crippen molar-refractivity contribution in [3.05, 3.63) is 38.3 Å². The van der Waals surface area contributed by atoms with Gasteiger partial charge in [0.25, 0.3) is 11.6 Å². The van der Waals surface area contributed by atoms with Gasteiger partial charge in [0.1, 0.15) is 0 Å². The van der Waals surface area contributed by atoms with Gasteiger partial charge in [-0.1, -0.05) is 0 Å². The SMILES string of the molecule is CC(O)CCNC(=O)c1ccc(Br)c([N+](=O)[O-])c1. The number of nitro benzene ring substituents is 1. The molecular weight excluding hydrogens is 304 g/mol.